The maximum Gasteiger partial charge on any atom is 0.260 e. The van der Waals surface area contributed by atoms with Gasteiger partial charge < -0.3 is 14.5 Å². The van der Waals surface area contributed by atoms with Crippen LogP contribution in [0.3, 0.4) is 0 Å². The standard InChI is InChI=1S/C22H26N2O3S/c25-21(13-17-9-12-28-16-17)24-10-4-5-18-14-23(11-8-20(18)24)22(26)15-27-19-6-2-1-3-7-19/h1-3,6-7,9,12,16,18,20H,4-5,8,10-11,13-15H2/t18-,20+/m1/s1. The van der Waals surface area contributed by atoms with Gasteiger partial charge in [0.1, 0.15) is 5.75 Å². The number of likely N-dealkylation sites (tertiary alicyclic amines) is 2. The highest BCUT2D eigenvalue weighted by atomic mass is 32.1. The van der Waals surface area contributed by atoms with Gasteiger partial charge in [-0.05, 0) is 59.7 Å². The molecule has 2 saturated heterocycles. The Hall–Kier alpha value is -2.34. The van der Waals surface area contributed by atoms with Gasteiger partial charge in [-0.15, -0.1) is 0 Å². The van der Waals surface area contributed by atoms with Crippen molar-refractivity contribution in [2.24, 2.45) is 5.92 Å². The molecule has 148 valence electrons. The van der Waals surface area contributed by atoms with E-state index in [4.69, 9.17) is 4.74 Å². The zero-order chi connectivity index (χ0) is 19.3. The number of carbonyl (C=O) groups is 2. The van der Waals surface area contributed by atoms with Crippen molar-refractivity contribution in [3.05, 3.63) is 52.7 Å². The van der Waals surface area contributed by atoms with E-state index in [1.165, 1.54) is 0 Å². The number of hydrogen-bond acceptors (Lipinski definition) is 4. The van der Waals surface area contributed by atoms with Crippen LogP contribution in [-0.4, -0.2) is 53.9 Å². The third-order valence-electron chi connectivity index (χ3n) is 5.78. The van der Waals surface area contributed by atoms with Crippen molar-refractivity contribution in [3.63, 3.8) is 0 Å². The van der Waals surface area contributed by atoms with Crippen LogP contribution in [0.4, 0.5) is 0 Å². The lowest BCUT2D eigenvalue weighted by molar-refractivity contribution is -0.142. The molecule has 1 aromatic carbocycles. The van der Waals surface area contributed by atoms with Crippen molar-refractivity contribution in [3.8, 4) is 5.75 Å². The smallest absolute Gasteiger partial charge is 0.260 e. The molecule has 0 N–H and O–H groups in total. The molecule has 2 aromatic rings. The number of para-hydroxylation sites is 1. The molecule has 0 radical (unpaired) electrons. The molecule has 0 aliphatic carbocycles. The molecular formula is C22H26N2O3S. The van der Waals surface area contributed by atoms with Crippen LogP contribution in [0.5, 0.6) is 5.75 Å². The first-order valence-electron chi connectivity index (χ1n) is 9.97. The van der Waals surface area contributed by atoms with Gasteiger partial charge in [0.05, 0.1) is 6.42 Å². The Morgan fingerprint density at radius 1 is 1.07 bits per heavy atom. The second kappa shape index (κ2) is 8.78. The van der Waals surface area contributed by atoms with E-state index in [0.29, 0.717) is 24.6 Å². The van der Waals surface area contributed by atoms with Crippen molar-refractivity contribution < 1.29 is 14.3 Å². The Balaban J connectivity index is 1.32. The lowest BCUT2D eigenvalue weighted by atomic mass is 9.83. The summed E-state index contributed by atoms with van der Waals surface area (Å²) in [4.78, 5) is 29.4. The average Bonchev–Trinajstić information content (AvgIpc) is 3.25. The molecule has 2 atom stereocenters. The molecule has 0 unspecified atom stereocenters. The minimum absolute atomic E-state index is 0.0315. The second-order valence-electron chi connectivity index (χ2n) is 7.60. The molecule has 6 heteroatoms. The van der Waals surface area contributed by atoms with Gasteiger partial charge in [-0.3, -0.25) is 9.59 Å². The van der Waals surface area contributed by atoms with Gasteiger partial charge in [0.2, 0.25) is 5.91 Å². The predicted molar refractivity (Wildman–Crippen MR) is 109 cm³/mol. The molecule has 3 heterocycles. The molecule has 28 heavy (non-hydrogen) atoms. The van der Waals surface area contributed by atoms with Crippen LogP contribution in [0.2, 0.25) is 0 Å². The van der Waals surface area contributed by atoms with Crippen molar-refractivity contribution in [1.29, 1.82) is 0 Å². The van der Waals surface area contributed by atoms with E-state index in [9.17, 15) is 9.59 Å². The van der Waals surface area contributed by atoms with Crippen molar-refractivity contribution in [2.45, 2.75) is 31.7 Å². The molecule has 2 fully saturated rings. The normalized spacial score (nSPS) is 21.9. The monoisotopic (exact) mass is 398 g/mol. The van der Waals surface area contributed by atoms with Crippen molar-refractivity contribution in [2.75, 3.05) is 26.2 Å². The second-order valence-corrected chi connectivity index (χ2v) is 8.38. The van der Waals surface area contributed by atoms with Crippen LogP contribution in [0, 0.1) is 5.92 Å². The molecular weight excluding hydrogens is 372 g/mol. The van der Waals surface area contributed by atoms with E-state index in [1.807, 2.05) is 52.1 Å². The Kier molecular flexibility index (Phi) is 5.95. The number of ether oxygens (including phenoxy) is 1. The molecule has 2 aliphatic rings. The van der Waals surface area contributed by atoms with Crippen LogP contribution in [0.15, 0.2) is 47.2 Å². The molecule has 2 aliphatic heterocycles. The zero-order valence-corrected chi connectivity index (χ0v) is 16.8. The summed E-state index contributed by atoms with van der Waals surface area (Å²) in [7, 11) is 0. The van der Waals surface area contributed by atoms with Gasteiger partial charge >= 0.3 is 0 Å². The van der Waals surface area contributed by atoms with Crippen LogP contribution in [0.25, 0.3) is 0 Å². The van der Waals surface area contributed by atoms with E-state index in [0.717, 1.165) is 37.9 Å². The zero-order valence-electron chi connectivity index (χ0n) is 16.0. The van der Waals surface area contributed by atoms with Gasteiger partial charge in [-0.25, -0.2) is 0 Å². The first-order valence-corrected chi connectivity index (χ1v) is 10.9. The maximum absolute atomic E-state index is 12.8. The van der Waals surface area contributed by atoms with Crippen LogP contribution < -0.4 is 4.74 Å². The first kappa shape index (κ1) is 19.0. The fourth-order valence-corrected chi connectivity index (χ4v) is 5.03. The SMILES string of the molecule is O=C(COc1ccccc1)N1CC[C@H]2[C@H](CCCN2C(=O)Cc2ccsc2)C1. The quantitative estimate of drug-likeness (QED) is 0.777. The summed E-state index contributed by atoms with van der Waals surface area (Å²) in [5, 5.41) is 4.07. The third-order valence-corrected chi connectivity index (χ3v) is 6.51. The topological polar surface area (TPSA) is 49.9 Å². The lowest BCUT2D eigenvalue weighted by Gasteiger charge is -2.47. The Morgan fingerprint density at radius 3 is 2.71 bits per heavy atom. The van der Waals surface area contributed by atoms with E-state index in [-0.39, 0.29) is 24.5 Å². The Bertz CT molecular complexity index is 793. The maximum atomic E-state index is 12.8. The van der Waals surface area contributed by atoms with E-state index < -0.39 is 0 Å². The predicted octanol–water partition coefficient (Wildman–Crippen LogP) is 3.21. The molecule has 4 rings (SSSR count). The number of benzene rings is 1. The molecule has 5 nitrogen and oxygen atoms in total. The summed E-state index contributed by atoms with van der Waals surface area (Å²) in [6.07, 6.45) is 3.44. The molecule has 0 bridgehead atoms. The largest absolute Gasteiger partial charge is 0.484 e. The fourth-order valence-electron chi connectivity index (χ4n) is 4.36. The summed E-state index contributed by atoms with van der Waals surface area (Å²) in [6.45, 7) is 2.33. The Labute approximate surface area is 169 Å². The Morgan fingerprint density at radius 2 is 1.93 bits per heavy atom. The number of piperidine rings is 2. The van der Waals surface area contributed by atoms with Crippen molar-refractivity contribution in [1.82, 2.24) is 9.80 Å². The summed E-state index contributed by atoms with van der Waals surface area (Å²) in [5.74, 6) is 1.34. The van der Waals surface area contributed by atoms with Crippen LogP contribution in [-0.2, 0) is 16.0 Å². The van der Waals surface area contributed by atoms with E-state index in [2.05, 4.69) is 4.90 Å². The highest BCUT2D eigenvalue weighted by molar-refractivity contribution is 7.08. The van der Waals surface area contributed by atoms with Gasteiger partial charge in [0.15, 0.2) is 6.61 Å². The summed E-state index contributed by atoms with van der Waals surface area (Å²) >= 11 is 1.63. The van der Waals surface area contributed by atoms with E-state index in [1.54, 1.807) is 11.3 Å². The van der Waals surface area contributed by atoms with Crippen LogP contribution in [0.1, 0.15) is 24.8 Å². The van der Waals surface area contributed by atoms with E-state index >= 15 is 0 Å². The number of rotatable bonds is 5. The number of hydrogen-bond donors (Lipinski definition) is 0. The highest BCUT2D eigenvalue weighted by Crippen LogP contribution is 2.31. The number of fused-ring (bicyclic) bond motifs is 1. The summed E-state index contributed by atoms with van der Waals surface area (Å²) < 4.78 is 5.62. The van der Waals surface area contributed by atoms with Gasteiger partial charge in [-0.1, -0.05) is 18.2 Å². The molecule has 1 aromatic heterocycles. The minimum atomic E-state index is 0.0315. The van der Waals surface area contributed by atoms with Gasteiger partial charge in [-0.2, -0.15) is 11.3 Å². The number of thiophene rings is 1. The minimum Gasteiger partial charge on any atom is -0.484 e. The number of amides is 2. The fraction of sp³-hybridized carbons (Fsp3) is 0.455. The average molecular weight is 399 g/mol. The molecule has 0 spiro atoms. The summed E-state index contributed by atoms with van der Waals surface area (Å²) in [5.41, 5.74) is 1.10. The lowest BCUT2D eigenvalue weighted by Crippen LogP contribution is -2.57. The van der Waals surface area contributed by atoms with Gasteiger partial charge in [0, 0.05) is 25.7 Å². The third kappa shape index (κ3) is 4.38. The highest BCUT2D eigenvalue weighted by Gasteiger charge is 2.39. The summed E-state index contributed by atoms with van der Waals surface area (Å²) in [6, 6.07) is 11.7. The number of nitrogens with zero attached hydrogens (tertiary/aromatic N) is 2. The molecule has 2 amide bonds. The van der Waals surface area contributed by atoms with Gasteiger partial charge in [0.25, 0.3) is 5.91 Å². The van der Waals surface area contributed by atoms with Crippen LogP contribution >= 0.6 is 11.3 Å². The first-order chi connectivity index (χ1) is 13.7. The number of carbonyl (C=O) groups excluding carboxylic acids is 2. The van der Waals surface area contributed by atoms with Crippen molar-refractivity contribution >= 4 is 23.2 Å². The molecule has 0 saturated carbocycles.